The minimum atomic E-state index is 0.346. The number of fused-ring (bicyclic) bond motifs is 1. The van der Waals surface area contributed by atoms with Crippen LogP contribution in [-0.4, -0.2) is 12.6 Å². The first-order valence-corrected chi connectivity index (χ1v) is 8.45. The van der Waals surface area contributed by atoms with Crippen LogP contribution in [0.15, 0.2) is 18.2 Å². The van der Waals surface area contributed by atoms with Gasteiger partial charge in [0.2, 0.25) is 0 Å². The molecule has 1 nitrogen and oxygen atoms in total. The third kappa shape index (κ3) is 3.25. The maximum Gasteiger partial charge on any atom is 0.00793 e. The summed E-state index contributed by atoms with van der Waals surface area (Å²) in [5.41, 5.74) is 5.21. The molecule has 1 aromatic carbocycles. The van der Waals surface area contributed by atoms with Gasteiger partial charge < -0.3 is 5.32 Å². The van der Waals surface area contributed by atoms with Gasteiger partial charge in [0.1, 0.15) is 0 Å². The Hall–Kier alpha value is -0.820. The molecular weight excluding hydrogens is 242 g/mol. The molecule has 1 aromatic rings. The number of hydrogen-bond acceptors (Lipinski definition) is 1. The summed E-state index contributed by atoms with van der Waals surface area (Å²) < 4.78 is 0. The molecule has 2 atom stereocenters. The van der Waals surface area contributed by atoms with Gasteiger partial charge in [-0.1, -0.05) is 45.4 Å². The third-order valence-electron chi connectivity index (χ3n) is 5.13. The molecule has 0 saturated carbocycles. The summed E-state index contributed by atoms with van der Waals surface area (Å²) in [6, 6.07) is 7.64. The molecule has 0 amide bonds. The number of aryl methyl sites for hydroxylation is 1. The molecule has 2 unspecified atom stereocenters. The number of rotatable bonds is 4. The van der Waals surface area contributed by atoms with Gasteiger partial charge in [-0.25, -0.2) is 0 Å². The Labute approximate surface area is 125 Å². The molecule has 0 aromatic heterocycles. The summed E-state index contributed by atoms with van der Waals surface area (Å²) in [6.45, 7) is 10.6. The first-order valence-electron chi connectivity index (χ1n) is 8.45. The van der Waals surface area contributed by atoms with Crippen molar-refractivity contribution in [2.45, 2.75) is 77.7 Å². The van der Waals surface area contributed by atoms with Crippen LogP contribution in [-0.2, 0) is 18.3 Å². The van der Waals surface area contributed by atoms with Crippen molar-refractivity contribution < 1.29 is 0 Å². The summed E-state index contributed by atoms with van der Waals surface area (Å²) in [7, 11) is 0. The molecule has 0 fully saturated rings. The highest BCUT2D eigenvalue weighted by atomic mass is 14.9. The standard InChI is InChI=1S/C19H31N/c1-5-12-19(4,6-2)18-11-7-9-16-10-8-13-20-15(3)14-17(16)18/h7,9,11,15,20H,5-6,8,10,12-14H2,1-4H3. The molecule has 0 radical (unpaired) electrons. The average Bonchev–Trinajstić information content (AvgIpc) is 2.42. The van der Waals surface area contributed by atoms with Crippen molar-refractivity contribution >= 4 is 0 Å². The Kier molecular flexibility index (Phi) is 5.26. The first kappa shape index (κ1) is 15.6. The van der Waals surface area contributed by atoms with Gasteiger partial charge in [0.15, 0.2) is 0 Å². The van der Waals surface area contributed by atoms with Crippen molar-refractivity contribution in [3.05, 3.63) is 34.9 Å². The van der Waals surface area contributed by atoms with Crippen LogP contribution in [0.2, 0.25) is 0 Å². The van der Waals surface area contributed by atoms with E-state index in [9.17, 15) is 0 Å². The van der Waals surface area contributed by atoms with Crippen LogP contribution >= 0.6 is 0 Å². The summed E-state index contributed by atoms with van der Waals surface area (Å²) in [5, 5.41) is 3.65. The second-order valence-electron chi connectivity index (χ2n) is 6.77. The minimum Gasteiger partial charge on any atom is -0.314 e. The highest BCUT2D eigenvalue weighted by Crippen LogP contribution is 2.37. The Morgan fingerprint density at radius 3 is 2.80 bits per heavy atom. The van der Waals surface area contributed by atoms with Crippen LogP contribution in [0.4, 0.5) is 0 Å². The van der Waals surface area contributed by atoms with Crippen LogP contribution in [0.3, 0.4) is 0 Å². The maximum absolute atomic E-state index is 3.65. The van der Waals surface area contributed by atoms with E-state index in [-0.39, 0.29) is 0 Å². The number of nitrogens with one attached hydrogen (secondary N) is 1. The zero-order chi connectivity index (χ0) is 14.6. The number of benzene rings is 1. The van der Waals surface area contributed by atoms with E-state index >= 15 is 0 Å². The zero-order valence-electron chi connectivity index (χ0n) is 13.8. The molecule has 1 heteroatoms. The van der Waals surface area contributed by atoms with Crippen LogP contribution in [0.5, 0.6) is 0 Å². The molecule has 0 aliphatic carbocycles. The van der Waals surface area contributed by atoms with E-state index in [1.54, 1.807) is 16.7 Å². The smallest absolute Gasteiger partial charge is 0.00793 e. The van der Waals surface area contributed by atoms with E-state index in [2.05, 4.69) is 51.2 Å². The fourth-order valence-corrected chi connectivity index (χ4v) is 3.73. The third-order valence-corrected chi connectivity index (χ3v) is 5.13. The second kappa shape index (κ2) is 6.76. The quantitative estimate of drug-likeness (QED) is 0.844. The molecular formula is C19H31N. The van der Waals surface area contributed by atoms with Gasteiger partial charge in [0.25, 0.3) is 0 Å². The van der Waals surface area contributed by atoms with E-state index in [0.29, 0.717) is 11.5 Å². The molecule has 1 heterocycles. The predicted octanol–water partition coefficient (Wildman–Crippen LogP) is 4.62. The Morgan fingerprint density at radius 1 is 1.30 bits per heavy atom. The fourth-order valence-electron chi connectivity index (χ4n) is 3.73. The molecule has 0 saturated heterocycles. The van der Waals surface area contributed by atoms with E-state index in [1.165, 1.54) is 38.5 Å². The number of hydrogen-bond donors (Lipinski definition) is 1. The lowest BCUT2D eigenvalue weighted by atomic mass is 9.72. The van der Waals surface area contributed by atoms with Gasteiger partial charge in [-0.15, -0.1) is 0 Å². The van der Waals surface area contributed by atoms with Gasteiger partial charge in [0.05, 0.1) is 0 Å². The van der Waals surface area contributed by atoms with Crippen LogP contribution in [0.1, 0.15) is 70.1 Å². The van der Waals surface area contributed by atoms with Gasteiger partial charge in [-0.2, -0.15) is 0 Å². The minimum absolute atomic E-state index is 0.346. The van der Waals surface area contributed by atoms with Crippen molar-refractivity contribution in [3.63, 3.8) is 0 Å². The van der Waals surface area contributed by atoms with Crippen molar-refractivity contribution in [2.75, 3.05) is 6.54 Å². The normalized spacial score (nSPS) is 22.5. The Morgan fingerprint density at radius 2 is 2.10 bits per heavy atom. The summed E-state index contributed by atoms with van der Waals surface area (Å²) in [4.78, 5) is 0. The van der Waals surface area contributed by atoms with Crippen LogP contribution in [0.25, 0.3) is 0 Å². The van der Waals surface area contributed by atoms with Gasteiger partial charge in [0, 0.05) is 6.04 Å². The second-order valence-corrected chi connectivity index (χ2v) is 6.77. The predicted molar refractivity (Wildman–Crippen MR) is 88.5 cm³/mol. The molecule has 2 rings (SSSR count). The molecule has 1 aliphatic heterocycles. The fraction of sp³-hybridized carbons (Fsp3) is 0.684. The molecule has 0 spiro atoms. The van der Waals surface area contributed by atoms with Crippen molar-refractivity contribution in [3.8, 4) is 0 Å². The molecule has 112 valence electrons. The van der Waals surface area contributed by atoms with Crippen molar-refractivity contribution in [2.24, 2.45) is 0 Å². The summed E-state index contributed by atoms with van der Waals surface area (Å²) in [5.74, 6) is 0. The molecule has 0 bridgehead atoms. The van der Waals surface area contributed by atoms with E-state index < -0.39 is 0 Å². The summed E-state index contributed by atoms with van der Waals surface area (Å²) in [6.07, 6.45) is 7.47. The topological polar surface area (TPSA) is 12.0 Å². The lowest BCUT2D eigenvalue weighted by Crippen LogP contribution is -2.33. The SMILES string of the molecule is CCCC(C)(CC)c1cccc2c1CC(C)NCCC2. The molecule has 20 heavy (non-hydrogen) atoms. The van der Waals surface area contributed by atoms with Crippen LogP contribution < -0.4 is 5.32 Å². The summed E-state index contributed by atoms with van der Waals surface area (Å²) >= 11 is 0. The Balaban J connectivity index is 2.45. The lowest BCUT2D eigenvalue weighted by Gasteiger charge is -2.33. The van der Waals surface area contributed by atoms with Gasteiger partial charge in [-0.3, -0.25) is 0 Å². The average molecular weight is 273 g/mol. The first-order chi connectivity index (χ1) is 9.60. The van der Waals surface area contributed by atoms with E-state index in [0.717, 1.165) is 6.54 Å². The largest absolute Gasteiger partial charge is 0.314 e. The lowest BCUT2D eigenvalue weighted by molar-refractivity contribution is 0.406. The van der Waals surface area contributed by atoms with Gasteiger partial charge in [-0.05, 0) is 67.7 Å². The Bertz CT molecular complexity index is 437. The highest BCUT2D eigenvalue weighted by Gasteiger charge is 2.28. The molecule has 1 N–H and O–H groups in total. The zero-order valence-corrected chi connectivity index (χ0v) is 13.8. The molecule has 1 aliphatic rings. The van der Waals surface area contributed by atoms with E-state index in [1.807, 2.05) is 0 Å². The monoisotopic (exact) mass is 273 g/mol. The highest BCUT2D eigenvalue weighted by molar-refractivity contribution is 5.41. The van der Waals surface area contributed by atoms with Crippen LogP contribution in [0, 0.1) is 0 Å². The van der Waals surface area contributed by atoms with E-state index in [4.69, 9.17) is 0 Å². The van der Waals surface area contributed by atoms with Gasteiger partial charge >= 0.3 is 0 Å². The van der Waals surface area contributed by atoms with Crippen molar-refractivity contribution in [1.82, 2.24) is 5.32 Å². The van der Waals surface area contributed by atoms with Crippen molar-refractivity contribution in [1.29, 1.82) is 0 Å². The maximum atomic E-state index is 3.65.